The van der Waals surface area contributed by atoms with Crippen LogP contribution in [0.15, 0.2) is 65.7 Å². The number of aryl methyl sites for hydroxylation is 2. The van der Waals surface area contributed by atoms with Crippen LogP contribution in [-0.4, -0.2) is 19.3 Å². The lowest BCUT2D eigenvalue weighted by Crippen LogP contribution is -2.15. The van der Waals surface area contributed by atoms with Gasteiger partial charge in [0.15, 0.2) is 0 Å². The second kappa shape index (κ2) is 6.67. The topological polar surface area (TPSA) is 48.8 Å². The Morgan fingerprint density at radius 2 is 1.88 bits per heavy atom. The Labute approximate surface area is 152 Å². The van der Waals surface area contributed by atoms with E-state index in [2.05, 4.69) is 46.4 Å². The lowest BCUT2D eigenvalue weighted by atomic mass is 10.1. The minimum atomic E-state index is 0.197. The molecule has 4 aromatic rings. The molecule has 0 saturated carbocycles. The highest BCUT2D eigenvalue weighted by atomic mass is 16.3. The third-order valence-corrected chi connectivity index (χ3v) is 4.65. The van der Waals surface area contributed by atoms with Crippen LogP contribution in [0.2, 0.25) is 0 Å². The fourth-order valence-electron chi connectivity index (χ4n) is 3.39. The van der Waals surface area contributed by atoms with Crippen LogP contribution in [0.1, 0.15) is 24.4 Å². The van der Waals surface area contributed by atoms with E-state index in [-0.39, 0.29) is 6.04 Å². The summed E-state index contributed by atoms with van der Waals surface area (Å²) in [5, 5.41) is 4.60. The van der Waals surface area contributed by atoms with E-state index in [1.54, 1.807) is 12.5 Å². The molecule has 1 aromatic carbocycles. The summed E-state index contributed by atoms with van der Waals surface area (Å²) in [5.74, 6) is 0. The van der Waals surface area contributed by atoms with Crippen LogP contribution in [0, 0.1) is 13.8 Å². The Hall–Kier alpha value is -3.08. The van der Waals surface area contributed by atoms with Gasteiger partial charge in [-0.05, 0) is 32.9 Å². The van der Waals surface area contributed by atoms with Crippen molar-refractivity contribution in [1.29, 1.82) is 0 Å². The number of nitrogens with zero attached hydrogens (tertiary/aromatic N) is 4. The number of imidazole rings is 1. The number of hydrogen-bond donors (Lipinski definition) is 0. The van der Waals surface area contributed by atoms with Crippen LogP contribution in [0.5, 0.6) is 0 Å². The second-order valence-corrected chi connectivity index (χ2v) is 6.69. The molecule has 1 unspecified atom stereocenters. The smallest absolute Gasteiger partial charge is 0.0996 e. The van der Waals surface area contributed by atoms with Gasteiger partial charge in [-0.25, -0.2) is 4.98 Å². The van der Waals surface area contributed by atoms with E-state index in [0.717, 1.165) is 34.8 Å². The molecule has 0 bridgehead atoms. The summed E-state index contributed by atoms with van der Waals surface area (Å²) in [6, 6.07) is 14.5. The molecule has 1 atom stereocenters. The summed E-state index contributed by atoms with van der Waals surface area (Å²) in [4.78, 5) is 4.72. The van der Waals surface area contributed by atoms with Gasteiger partial charge >= 0.3 is 0 Å². The Morgan fingerprint density at radius 1 is 1.08 bits per heavy atom. The van der Waals surface area contributed by atoms with Crippen molar-refractivity contribution in [2.45, 2.75) is 33.4 Å². The number of benzene rings is 1. The summed E-state index contributed by atoms with van der Waals surface area (Å²) in [5.41, 5.74) is 6.37. The highest BCUT2D eigenvalue weighted by molar-refractivity contribution is 5.78. The molecule has 0 N–H and O–H groups in total. The number of aromatic nitrogens is 4. The Balaban J connectivity index is 1.76. The van der Waals surface area contributed by atoms with E-state index in [4.69, 9.17) is 9.40 Å². The third-order valence-electron chi connectivity index (χ3n) is 4.65. The van der Waals surface area contributed by atoms with Crippen molar-refractivity contribution in [2.75, 3.05) is 0 Å². The van der Waals surface area contributed by atoms with E-state index in [0.29, 0.717) is 0 Å². The normalized spacial score (nSPS) is 12.4. The highest BCUT2D eigenvalue weighted by Gasteiger charge is 2.20. The molecule has 3 aromatic heterocycles. The van der Waals surface area contributed by atoms with E-state index >= 15 is 0 Å². The van der Waals surface area contributed by atoms with Crippen molar-refractivity contribution in [3.05, 3.63) is 72.7 Å². The second-order valence-electron chi connectivity index (χ2n) is 6.69. The Bertz CT molecular complexity index is 996. The van der Waals surface area contributed by atoms with Gasteiger partial charge in [-0.15, -0.1) is 0 Å². The van der Waals surface area contributed by atoms with Gasteiger partial charge in [-0.3, -0.25) is 4.68 Å². The van der Waals surface area contributed by atoms with Gasteiger partial charge in [-0.2, -0.15) is 5.10 Å². The van der Waals surface area contributed by atoms with Gasteiger partial charge in [0, 0.05) is 16.8 Å². The lowest BCUT2D eigenvalue weighted by Gasteiger charge is -2.18. The lowest BCUT2D eigenvalue weighted by molar-refractivity contribution is 0.432. The van der Waals surface area contributed by atoms with E-state index in [9.17, 15) is 0 Å². The van der Waals surface area contributed by atoms with Crippen molar-refractivity contribution in [2.24, 2.45) is 0 Å². The largest absolute Gasteiger partial charge is 0.472 e. The predicted molar refractivity (Wildman–Crippen MR) is 102 cm³/mol. The fraction of sp³-hybridized carbons (Fsp3) is 0.238. The van der Waals surface area contributed by atoms with E-state index in [1.165, 1.54) is 5.69 Å². The molecule has 0 saturated heterocycles. The molecule has 26 heavy (non-hydrogen) atoms. The van der Waals surface area contributed by atoms with Crippen LogP contribution >= 0.6 is 0 Å². The van der Waals surface area contributed by atoms with Crippen molar-refractivity contribution < 1.29 is 4.42 Å². The predicted octanol–water partition coefficient (Wildman–Crippen LogP) is 4.88. The van der Waals surface area contributed by atoms with Gasteiger partial charge in [0.25, 0.3) is 0 Å². The Kier molecular flexibility index (Phi) is 4.21. The summed E-state index contributed by atoms with van der Waals surface area (Å²) >= 11 is 0. The SMILES string of the molecule is Cc1cc(C)n(CC(C)n2cnc(-c3ccccc3)c2-c2ccoc2)n1. The third kappa shape index (κ3) is 2.96. The molecule has 0 amide bonds. The van der Waals surface area contributed by atoms with Crippen molar-refractivity contribution in [1.82, 2.24) is 19.3 Å². The minimum absolute atomic E-state index is 0.197. The molecule has 0 aliphatic rings. The fourth-order valence-corrected chi connectivity index (χ4v) is 3.39. The quantitative estimate of drug-likeness (QED) is 0.517. The van der Waals surface area contributed by atoms with Crippen LogP contribution in [0.25, 0.3) is 22.5 Å². The molecule has 132 valence electrons. The summed E-state index contributed by atoms with van der Waals surface area (Å²) in [6.45, 7) is 7.09. The Morgan fingerprint density at radius 3 is 2.54 bits per heavy atom. The molecule has 5 nitrogen and oxygen atoms in total. The van der Waals surface area contributed by atoms with Gasteiger partial charge in [0.1, 0.15) is 0 Å². The summed E-state index contributed by atoms with van der Waals surface area (Å²) in [7, 11) is 0. The molecule has 0 aliphatic carbocycles. The van der Waals surface area contributed by atoms with Crippen molar-refractivity contribution >= 4 is 0 Å². The average molecular weight is 346 g/mol. The van der Waals surface area contributed by atoms with Crippen LogP contribution in [0.3, 0.4) is 0 Å². The van der Waals surface area contributed by atoms with E-state index in [1.807, 2.05) is 37.5 Å². The first kappa shape index (κ1) is 16.4. The highest BCUT2D eigenvalue weighted by Crippen LogP contribution is 2.33. The molecular weight excluding hydrogens is 324 g/mol. The number of rotatable bonds is 5. The van der Waals surface area contributed by atoms with Crippen LogP contribution < -0.4 is 0 Å². The maximum Gasteiger partial charge on any atom is 0.0996 e. The molecule has 0 spiro atoms. The zero-order valence-corrected chi connectivity index (χ0v) is 15.3. The number of furan rings is 1. The molecule has 0 fully saturated rings. The maximum absolute atomic E-state index is 5.35. The molecule has 4 rings (SSSR count). The van der Waals surface area contributed by atoms with Crippen LogP contribution in [-0.2, 0) is 6.54 Å². The average Bonchev–Trinajstić information content (AvgIpc) is 3.35. The molecule has 0 aliphatic heterocycles. The first-order valence-electron chi connectivity index (χ1n) is 8.79. The zero-order chi connectivity index (χ0) is 18.1. The molecule has 5 heteroatoms. The van der Waals surface area contributed by atoms with Gasteiger partial charge < -0.3 is 8.98 Å². The zero-order valence-electron chi connectivity index (χ0n) is 15.3. The molecular formula is C21H22N4O. The minimum Gasteiger partial charge on any atom is -0.472 e. The standard InChI is InChI=1S/C21H22N4O/c1-15-11-16(2)25(23-15)12-17(3)24-14-22-20(18-7-5-4-6-8-18)21(24)19-9-10-26-13-19/h4-11,13-14,17H,12H2,1-3H3. The van der Waals surface area contributed by atoms with Crippen LogP contribution in [0.4, 0.5) is 0 Å². The molecule has 3 heterocycles. The van der Waals surface area contributed by atoms with Crippen molar-refractivity contribution in [3.8, 4) is 22.5 Å². The first-order chi connectivity index (χ1) is 12.6. The van der Waals surface area contributed by atoms with Gasteiger partial charge in [0.2, 0.25) is 0 Å². The first-order valence-corrected chi connectivity index (χ1v) is 8.79. The molecule has 0 radical (unpaired) electrons. The van der Waals surface area contributed by atoms with E-state index < -0.39 is 0 Å². The monoisotopic (exact) mass is 346 g/mol. The van der Waals surface area contributed by atoms with Crippen molar-refractivity contribution in [3.63, 3.8) is 0 Å². The summed E-state index contributed by atoms with van der Waals surface area (Å²) in [6.07, 6.45) is 5.39. The van der Waals surface area contributed by atoms with Gasteiger partial charge in [0.05, 0.1) is 48.5 Å². The van der Waals surface area contributed by atoms with Gasteiger partial charge in [-0.1, -0.05) is 30.3 Å². The summed E-state index contributed by atoms with van der Waals surface area (Å²) < 4.78 is 9.61. The number of hydrogen-bond acceptors (Lipinski definition) is 3. The maximum atomic E-state index is 5.35.